The number of nitrogens with zero attached hydrogens (tertiary/aromatic N) is 1. The van der Waals surface area contributed by atoms with Gasteiger partial charge in [0.15, 0.2) is 0 Å². The van der Waals surface area contributed by atoms with E-state index in [9.17, 15) is 0 Å². The molecule has 0 fully saturated rings. The van der Waals surface area contributed by atoms with Crippen molar-refractivity contribution < 1.29 is 0 Å². The van der Waals surface area contributed by atoms with E-state index in [4.69, 9.17) is 11.6 Å². The Kier molecular flexibility index (Phi) is 5.18. The number of anilines is 1. The molecule has 1 aromatic carbocycles. The predicted octanol–water partition coefficient (Wildman–Crippen LogP) is 2.37. The molecule has 0 unspecified atom stereocenters. The van der Waals surface area contributed by atoms with E-state index in [1.807, 2.05) is 0 Å². The molecule has 0 N–H and O–H groups in total. The maximum atomic E-state index is 6.29. The van der Waals surface area contributed by atoms with E-state index in [0.29, 0.717) is 0 Å². The van der Waals surface area contributed by atoms with Gasteiger partial charge >= 0.3 is 106 Å². The normalized spacial score (nSPS) is 10.2. The van der Waals surface area contributed by atoms with Gasteiger partial charge < -0.3 is 0 Å². The van der Waals surface area contributed by atoms with Crippen molar-refractivity contribution in [3.8, 4) is 0 Å². The summed E-state index contributed by atoms with van der Waals surface area (Å²) in [4.78, 5) is 2.34. The Balaban J connectivity index is 2.97. The molecule has 0 aromatic heterocycles. The molecule has 2 radical (unpaired) electrons. The average molecular weight is 312 g/mol. The number of hydrogen-bond acceptors (Lipinski definition) is 1. The van der Waals surface area contributed by atoms with Crippen LogP contribution < -0.4 is 8.22 Å². The molecule has 0 saturated carbocycles. The zero-order valence-electron chi connectivity index (χ0n) is 8.76. The van der Waals surface area contributed by atoms with Crippen LogP contribution in [0.25, 0.3) is 0 Å². The third-order valence-corrected chi connectivity index (χ3v) is 4.53. The van der Waals surface area contributed by atoms with Crippen molar-refractivity contribution >= 4 is 45.0 Å². The first-order valence-electron chi connectivity index (χ1n) is 4.99. The second-order valence-corrected chi connectivity index (χ2v) is 5.41. The van der Waals surface area contributed by atoms with Crippen LogP contribution in [-0.4, -0.2) is 37.5 Å². The first kappa shape index (κ1) is 12.3. The van der Waals surface area contributed by atoms with Crippen LogP contribution in [0.3, 0.4) is 0 Å². The van der Waals surface area contributed by atoms with Crippen LogP contribution in [0.2, 0.25) is 5.02 Å². The number of halogens is 1. The molecular weight excluding hydrogens is 296 g/mol. The Bertz CT molecular complexity index is 301. The molecule has 0 aliphatic carbocycles. The van der Waals surface area contributed by atoms with Gasteiger partial charge in [0.25, 0.3) is 0 Å². The molecule has 0 bridgehead atoms. The first-order chi connectivity index (χ1) is 6.70. The molecule has 0 atom stereocenters. The summed E-state index contributed by atoms with van der Waals surface area (Å²) >= 11 is 7.38. The predicted molar refractivity (Wildman–Crippen MR) is 65.0 cm³/mol. The van der Waals surface area contributed by atoms with Crippen molar-refractivity contribution in [3.63, 3.8) is 0 Å². The van der Waals surface area contributed by atoms with E-state index >= 15 is 0 Å². The Morgan fingerprint density at radius 1 is 1.36 bits per heavy atom. The summed E-state index contributed by atoms with van der Waals surface area (Å²) in [5.41, 5.74) is 1.20. The fourth-order valence-corrected chi connectivity index (χ4v) is 2.48. The molecule has 74 valence electrons. The summed E-state index contributed by atoms with van der Waals surface area (Å²) in [5, 5.41) is 0.949. The molecule has 0 saturated heterocycles. The summed E-state index contributed by atoms with van der Waals surface area (Å²) < 4.78 is 1.28. The van der Waals surface area contributed by atoms with Crippen molar-refractivity contribution in [2.75, 3.05) is 18.0 Å². The molecule has 1 rings (SSSR count). The van der Waals surface area contributed by atoms with Gasteiger partial charge in [-0.1, -0.05) is 0 Å². The van der Waals surface area contributed by atoms with Crippen LogP contribution in [0.1, 0.15) is 20.3 Å². The molecule has 3 heteroatoms. The Labute approximate surface area is 106 Å². The van der Waals surface area contributed by atoms with Crippen molar-refractivity contribution in [1.29, 1.82) is 0 Å². The topological polar surface area (TPSA) is 3.24 Å². The van der Waals surface area contributed by atoms with Gasteiger partial charge in [0, 0.05) is 0 Å². The van der Waals surface area contributed by atoms with Crippen molar-refractivity contribution in [1.82, 2.24) is 0 Å². The van der Waals surface area contributed by atoms with Crippen LogP contribution in [0.4, 0.5) is 5.69 Å². The molecule has 0 spiro atoms. The average Bonchev–Trinajstić information content (AvgIpc) is 2.19. The van der Waals surface area contributed by atoms with Crippen molar-refractivity contribution in [2.24, 2.45) is 0 Å². The third-order valence-electron chi connectivity index (χ3n) is 2.22. The van der Waals surface area contributed by atoms with Gasteiger partial charge in [0.1, 0.15) is 0 Å². The van der Waals surface area contributed by atoms with Crippen molar-refractivity contribution in [2.45, 2.75) is 20.3 Å². The van der Waals surface area contributed by atoms with Crippen LogP contribution in [0.5, 0.6) is 0 Å². The van der Waals surface area contributed by atoms with Gasteiger partial charge in [-0.15, -0.1) is 0 Å². The van der Waals surface area contributed by atoms with Crippen LogP contribution in [0, 0.1) is 0 Å². The first-order valence-corrected chi connectivity index (χ1v) is 7.02. The van der Waals surface area contributed by atoms with E-state index < -0.39 is 0 Å². The Morgan fingerprint density at radius 2 is 2.07 bits per heavy atom. The van der Waals surface area contributed by atoms with Gasteiger partial charge in [0.05, 0.1) is 0 Å². The quantitative estimate of drug-likeness (QED) is 0.825. The second-order valence-electron chi connectivity index (χ2n) is 3.26. The monoisotopic (exact) mass is 311 g/mol. The number of benzene rings is 1. The second kappa shape index (κ2) is 5.92. The van der Waals surface area contributed by atoms with Gasteiger partial charge in [-0.05, 0) is 0 Å². The molecule has 14 heavy (non-hydrogen) atoms. The summed E-state index contributed by atoms with van der Waals surface area (Å²) in [5.74, 6) is 0. The number of rotatable bonds is 4. The zero-order valence-corrected chi connectivity index (χ0v) is 12.8. The SMILES string of the molecule is CCCN(CC)c1ccc[c]([In])c1Cl. The minimum absolute atomic E-state index is 0.949. The number of hydrogen-bond donors (Lipinski definition) is 0. The fourth-order valence-electron chi connectivity index (χ4n) is 1.50. The van der Waals surface area contributed by atoms with E-state index in [2.05, 4.69) is 36.9 Å². The van der Waals surface area contributed by atoms with E-state index in [1.54, 1.807) is 0 Å². The summed E-state index contributed by atoms with van der Waals surface area (Å²) in [6, 6.07) is 6.31. The van der Waals surface area contributed by atoms with E-state index in [1.165, 1.54) is 9.01 Å². The third kappa shape index (κ3) is 2.83. The van der Waals surface area contributed by atoms with E-state index in [-0.39, 0.29) is 0 Å². The molecule has 0 aliphatic heterocycles. The van der Waals surface area contributed by atoms with E-state index in [0.717, 1.165) is 48.9 Å². The summed E-state index contributed by atoms with van der Waals surface area (Å²) in [6.45, 7) is 6.48. The van der Waals surface area contributed by atoms with Crippen LogP contribution >= 0.6 is 11.6 Å². The Morgan fingerprint density at radius 3 is 2.64 bits per heavy atom. The molecule has 1 nitrogen and oxygen atoms in total. The molecule has 0 amide bonds. The van der Waals surface area contributed by atoms with Gasteiger partial charge in [0.2, 0.25) is 0 Å². The van der Waals surface area contributed by atoms with Crippen molar-refractivity contribution in [3.05, 3.63) is 23.2 Å². The summed E-state index contributed by atoms with van der Waals surface area (Å²) in [7, 11) is 0. The van der Waals surface area contributed by atoms with Crippen LogP contribution in [-0.2, 0) is 0 Å². The molecule has 0 heterocycles. The molecule has 0 aliphatic rings. The summed E-state index contributed by atoms with van der Waals surface area (Å²) in [6.07, 6.45) is 1.16. The standard InChI is InChI=1S/C11H15ClN.In/c1-3-9-13(4-2)11-8-6-5-7-10(11)12;/h5-6,8H,3-4,9H2,1-2H3;. The van der Waals surface area contributed by atoms with Gasteiger partial charge in [-0.3, -0.25) is 0 Å². The minimum atomic E-state index is 0.949. The maximum absolute atomic E-state index is 6.29. The fraction of sp³-hybridized carbons (Fsp3) is 0.455. The molecule has 1 aromatic rings. The van der Waals surface area contributed by atoms with Gasteiger partial charge in [-0.2, -0.15) is 0 Å². The zero-order chi connectivity index (χ0) is 10.6. The Hall–Kier alpha value is 0.180. The van der Waals surface area contributed by atoms with Crippen LogP contribution in [0.15, 0.2) is 18.2 Å². The molecular formula is C11H15ClInN. The van der Waals surface area contributed by atoms with Gasteiger partial charge in [-0.25, -0.2) is 0 Å².